The summed E-state index contributed by atoms with van der Waals surface area (Å²) in [5.74, 6) is -5.69. The first-order valence-corrected chi connectivity index (χ1v) is 12.5. The molecule has 1 aromatic heterocycles. The Morgan fingerprint density at radius 2 is 1.66 bits per heavy atom. The highest BCUT2D eigenvalue weighted by atomic mass is 19.4. The molecule has 0 saturated carbocycles. The Labute approximate surface area is 231 Å². The van der Waals surface area contributed by atoms with Crippen molar-refractivity contribution < 1.29 is 41.0 Å². The summed E-state index contributed by atoms with van der Waals surface area (Å²) in [6, 6.07) is 4.26. The summed E-state index contributed by atoms with van der Waals surface area (Å²) in [7, 11) is 1.22. The molecule has 2 amide bonds. The van der Waals surface area contributed by atoms with Gasteiger partial charge in [-0.3, -0.25) is 14.4 Å². The van der Waals surface area contributed by atoms with Crippen LogP contribution < -0.4 is 25.2 Å². The van der Waals surface area contributed by atoms with Crippen LogP contribution in [0, 0.1) is 25.5 Å². The summed E-state index contributed by atoms with van der Waals surface area (Å²) in [6.45, 7) is 5.08. The van der Waals surface area contributed by atoms with Crippen molar-refractivity contribution in [2.24, 2.45) is 0 Å². The van der Waals surface area contributed by atoms with Crippen molar-refractivity contribution >= 4 is 17.5 Å². The van der Waals surface area contributed by atoms with E-state index < -0.39 is 58.6 Å². The fraction of sp³-hybridized carbons (Fsp3) is 0.321. The molecule has 0 radical (unpaired) electrons. The van der Waals surface area contributed by atoms with E-state index in [0.717, 1.165) is 41.3 Å². The zero-order chi connectivity index (χ0) is 30.2. The quantitative estimate of drug-likeness (QED) is 0.414. The van der Waals surface area contributed by atoms with Crippen LogP contribution in [0.5, 0.6) is 11.5 Å². The van der Waals surface area contributed by atoms with Gasteiger partial charge in [0, 0.05) is 48.5 Å². The van der Waals surface area contributed by atoms with Gasteiger partial charge < -0.3 is 24.3 Å². The number of anilines is 1. The van der Waals surface area contributed by atoms with E-state index in [1.165, 1.54) is 11.7 Å². The highest BCUT2D eigenvalue weighted by Crippen LogP contribution is 2.37. The molecule has 218 valence electrons. The maximum absolute atomic E-state index is 15.2. The Morgan fingerprint density at radius 3 is 2.20 bits per heavy atom. The summed E-state index contributed by atoms with van der Waals surface area (Å²) in [5.41, 5.74) is 0.0606. The van der Waals surface area contributed by atoms with Crippen molar-refractivity contribution in [1.29, 1.82) is 0 Å². The lowest BCUT2D eigenvalue weighted by atomic mass is 9.92. The van der Waals surface area contributed by atoms with Crippen LogP contribution in [0.25, 0.3) is 0 Å². The molecule has 0 aliphatic carbocycles. The Hall–Kier alpha value is -4.42. The molecule has 8 nitrogen and oxygen atoms in total. The first-order valence-electron chi connectivity index (χ1n) is 12.5. The van der Waals surface area contributed by atoms with Crippen molar-refractivity contribution in [2.75, 3.05) is 18.6 Å². The number of aryl methyl sites for hydroxylation is 2. The standard InChI is InChI=1S/C28H26F5N3O5/c1-5-35-12-14(2)15(3)24(27(35)39)36-13-19(22-20(29)10-18(40-4)11-21(22)30)23(26(36)38)34-25(37)16-6-8-17(9-7-16)41-28(31,32)33/h6-12,19,23H,5,13H2,1-4H3,(H,34,37)/t19-,23?/m0/s1. The van der Waals surface area contributed by atoms with E-state index in [1.807, 2.05) is 0 Å². The van der Waals surface area contributed by atoms with Gasteiger partial charge in [0.25, 0.3) is 11.5 Å². The number of carbonyl (C=O) groups is 2. The molecular formula is C28H26F5N3O5. The maximum Gasteiger partial charge on any atom is 0.573 e. The minimum atomic E-state index is -4.94. The lowest BCUT2D eigenvalue weighted by Crippen LogP contribution is -2.45. The summed E-state index contributed by atoms with van der Waals surface area (Å²) in [4.78, 5) is 41.3. The molecule has 1 N–H and O–H groups in total. The molecule has 1 fully saturated rings. The molecule has 2 heterocycles. The number of rotatable bonds is 7. The highest BCUT2D eigenvalue weighted by Gasteiger charge is 2.46. The number of halogens is 5. The number of alkyl halides is 3. The van der Waals surface area contributed by atoms with Gasteiger partial charge in [0.2, 0.25) is 5.91 Å². The molecule has 13 heteroatoms. The van der Waals surface area contributed by atoms with E-state index in [-0.39, 0.29) is 23.5 Å². The lowest BCUT2D eigenvalue weighted by molar-refractivity contribution is -0.274. The minimum Gasteiger partial charge on any atom is -0.497 e. The SMILES string of the molecule is CCn1cc(C)c(C)c(N2C[C@@H](c3c(F)cc(OC)cc3F)C(NC(=O)c3ccc(OC(F)(F)F)cc3)C2=O)c1=O. The van der Waals surface area contributed by atoms with E-state index >= 15 is 8.78 Å². The van der Waals surface area contributed by atoms with Gasteiger partial charge in [0.1, 0.15) is 34.9 Å². The molecule has 2 atom stereocenters. The Morgan fingerprint density at radius 1 is 1.05 bits per heavy atom. The second kappa shape index (κ2) is 11.2. The van der Waals surface area contributed by atoms with Gasteiger partial charge >= 0.3 is 6.36 Å². The predicted octanol–water partition coefficient (Wildman–Crippen LogP) is 4.60. The number of hydrogen-bond acceptors (Lipinski definition) is 5. The van der Waals surface area contributed by atoms with E-state index in [2.05, 4.69) is 10.1 Å². The molecule has 0 bridgehead atoms. The van der Waals surface area contributed by atoms with Crippen LogP contribution in [0.3, 0.4) is 0 Å². The van der Waals surface area contributed by atoms with Gasteiger partial charge in [-0.05, 0) is 56.2 Å². The number of methoxy groups -OCH3 is 1. The largest absolute Gasteiger partial charge is 0.573 e. The molecular weight excluding hydrogens is 553 g/mol. The predicted molar refractivity (Wildman–Crippen MR) is 138 cm³/mol. The number of aromatic nitrogens is 1. The van der Waals surface area contributed by atoms with Crippen molar-refractivity contribution in [3.8, 4) is 11.5 Å². The monoisotopic (exact) mass is 579 g/mol. The summed E-state index contributed by atoms with van der Waals surface area (Å²) >= 11 is 0. The number of hydrogen-bond donors (Lipinski definition) is 1. The molecule has 2 aromatic carbocycles. The first-order chi connectivity index (χ1) is 19.2. The van der Waals surface area contributed by atoms with Gasteiger partial charge in [-0.15, -0.1) is 13.2 Å². The third kappa shape index (κ3) is 5.88. The van der Waals surface area contributed by atoms with Crippen LogP contribution in [0.15, 0.2) is 47.4 Å². The highest BCUT2D eigenvalue weighted by molar-refractivity contribution is 6.05. The molecule has 1 unspecified atom stereocenters. The number of benzene rings is 2. The molecule has 1 saturated heterocycles. The molecule has 1 aliphatic heterocycles. The second-order valence-corrected chi connectivity index (χ2v) is 9.46. The van der Waals surface area contributed by atoms with Crippen LogP contribution in [-0.2, 0) is 11.3 Å². The van der Waals surface area contributed by atoms with Gasteiger partial charge in [0.15, 0.2) is 0 Å². The molecule has 1 aliphatic rings. The normalized spacial score (nSPS) is 17.1. The number of nitrogens with zero attached hydrogens (tertiary/aromatic N) is 2. The van der Waals surface area contributed by atoms with E-state index in [0.29, 0.717) is 17.7 Å². The Kier molecular flexibility index (Phi) is 8.09. The number of ether oxygens (including phenoxy) is 2. The fourth-order valence-corrected chi connectivity index (χ4v) is 4.84. The maximum atomic E-state index is 15.2. The van der Waals surface area contributed by atoms with Crippen molar-refractivity contribution in [1.82, 2.24) is 9.88 Å². The molecule has 0 spiro atoms. The Balaban J connectivity index is 1.76. The van der Waals surface area contributed by atoms with Crippen LogP contribution >= 0.6 is 0 Å². The van der Waals surface area contributed by atoms with Gasteiger partial charge in [0.05, 0.1) is 7.11 Å². The number of pyridine rings is 1. The van der Waals surface area contributed by atoms with E-state index in [9.17, 15) is 27.6 Å². The van der Waals surface area contributed by atoms with E-state index in [1.54, 1.807) is 27.0 Å². The number of carbonyl (C=O) groups excluding carboxylic acids is 2. The summed E-state index contributed by atoms with van der Waals surface area (Å²) in [6.07, 6.45) is -3.30. The van der Waals surface area contributed by atoms with Crippen LogP contribution in [-0.4, -0.2) is 42.4 Å². The topological polar surface area (TPSA) is 89.9 Å². The molecule has 4 rings (SSSR count). The molecule has 3 aromatic rings. The average Bonchev–Trinajstić information content (AvgIpc) is 3.20. The summed E-state index contributed by atoms with van der Waals surface area (Å²) < 4.78 is 78.1. The minimum absolute atomic E-state index is 0.0154. The second-order valence-electron chi connectivity index (χ2n) is 9.46. The van der Waals surface area contributed by atoms with Gasteiger partial charge in [-0.2, -0.15) is 0 Å². The fourth-order valence-electron chi connectivity index (χ4n) is 4.84. The average molecular weight is 580 g/mol. The van der Waals surface area contributed by atoms with Crippen molar-refractivity contribution in [3.05, 3.63) is 86.8 Å². The zero-order valence-electron chi connectivity index (χ0n) is 22.4. The number of nitrogens with one attached hydrogen (secondary N) is 1. The molecule has 41 heavy (non-hydrogen) atoms. The first kappa shape index (κ1) is 29.6. The van der Waals surface area contributed by atoms with Crippen LogP contribution in [0.4, 0.5) is 27.6 Å². The van der Waals surface area contributed by atoms with E-state index in [4.69, 9.17) is 4.74 Å². The lowest BCUT2D eigenvalue weighted by Gasteiger charge is -2.21. The third-order valence-electron chi connectivity index (χ3n) is 6.98. The Bertz CT molecular complexity index is 1530. The third-order valence-corrected chi connectivity index (χ3v) is 6.98. The van der Waals surface area contributed by atoms with Crippen molar-refractivity contribution in [3.63, 3.8) is 0 Å². The number of amides is 2. The van der Waals surface area contributed by atoms with Crippen LogP contribution in [0.1, 0.15) is 39.9 Å². The van der Waals surface area contributed by atoms with Gasteiger partial charge in [-0.25, -0.2) is 8.78 Å². The van der Waals surface area contributed by atoms with Crippen molar-refractivity contribution in [2.45, 2.75) is 45.6 Å². The van der Waals surface area contributed by atoms with Crippen LogP contribution in [0.2, 0.25) is 0 Å². The summed E-state index contributed by atoms with van der Waals surface area (Å²) in [5, 5.41) is 2.46. The van der Waals surface area contributed by atoms with Gasteiger partial charge in [-0.1, -0.05) is 0 Å². The smallest absolute Gasteiger partial charge is 0.497 e. The zero-order valence-corrected chi connectivity index (χ0v) is 22.4.